The molecule has 0 unspecified atom stereocenters. The minimum atomic E-state index is 0.749. The highest BCUT2D eigenvalue weighted by Crippen LogP contribution is 2.32. The summed E-state index contributed by atoms with van der Waals surface area (Å²) < 4.78 is 5.72. The highest BCUT2D eigenvalue weighted by atomic mass is 35.5. The summed E-state index contributed by atoms with van der Waals surface area (Å²) in [5.74, 6) is 1.01. The van der Waals surface area contributed by atoms with Gasteiger partial charge in [-0.3, -0.25) is 0 Å². The number of benzene rings is 2. The number of hydrogen-bond acceptors (Lipinski definition) is 2. The molecule has 0 atom stereocenters. The van der Waals surface area contributed by atoms with Crippen molar-refractivity contribution >= 4 is 23.0 Å². The smallest absolute Gasteiger partial charge is 0.124 e. The lowest BCUT2D eigenvalue weighted by Gasteiger charge is -2.23. The Morgan fingerprint density at radius 1 is 1.11 bits per heavy atom. The molecule has 2 aromatic carbocycles. The first-order chi connectivity index (χ1) is 9.24. The number of nitrogens with zero attached hydrogens (tertiary/aromatic N) is 1. The maximum absolute atomic E-state index is 6.04. The Morgan fingerprint density at radius 2 is 1.95 bits per heavy atom. The van der Waals surface area contributed by atoms with Crippen LogP contribution in [-0.4, -0.2) is 13.7 Å². The first-order valence-electron chi connectivity index (χ1n) is 6.49. The van der Waals surface area contributed by atoms with Gasteiger partial charge in [0.25, 0.3) is 0 Å². The third-order valence-corrected chi connectivity index (χ3v) is 3.72. The molecule has 98 valence electrons. The second-order valence-corrected chi connectivity index (χ2v) is 5.22. The van der Waals surface area contributed by atoms with Gasteiger partial charge >= 0.3 is 0 Å². The number of halogens is 1. The van der Waals surface area contributed by atoms with Crippen LogP contribution in [0, 0.1) is 0 Å². The minimum absolute atomic E-state index is 0.749. The Labute approximate surface area is 118 Å². The van der Waals surface area contributed by atoms with E-state index in [-0.39, 0.29) is 0 Å². The first kappa shape index (κ1) is 12.4. The molecule has 2 aromatic rings. The lowest BCUT2D eigenvalue weighted by Crippen LogP contribution is -2.12. The van der Waals surface area contributed by atoms with Crippen LogP contribution >= 0.6 is 11.6 Å². The van der Waals surface area contributed by atoms with Crippen molar-refractivity contribution in [2.45, 2.75) is 12.8 Å². The van der Waals surface area contributed by atoms with E-state index < -0.39 is 0 Å². The number of anilines is 2. The topological polar surface area (TPSA) is 12.5 Å². The fourth-order valence-electron chi connectivity index (χ4n) is 2.37. The molecule has 2 nitrogen and oxygen atoms in total. The number of ether oxygens (including phenoxy) is 1. The van der Waals surface area contributed by atoms with Gasteiger partial charge in [-0.25, -0.2) is 0 Å². The molecule has 0 aromatic heterocycles. The van der Waals surface area contributed by atoms with Gasteiger partial charge in [-0.05, 0) is 42.7 Å². The second-order valence-electron chi connectivity index (χ2n) is 4.78. The highest BCUT2D eigenvalue weighted by molar-refractivity contribution is 6.30. The van der Waals surface area contributed by atoms with Gasteiger partial charge in [0.05, 0.1) is 6.61 Å². The van der Waals surface area contributed by atoms with Gasteiger partial charge in [0.15, 0.2) is 0 Å². The van der Waals surface area contributed by atoms with Crippen molar-refractivity contribution in [1.29, 1.82) is 0 Å². The first-order valence-corrected chi connectivity index (χ1v) is 6.87. The van der Waals surface area contributed by atoms with E-state index in [0.29, 0.717) is 0 Å². The number of aryl methyl sites for hydroxylation is 1. The molecule has 3 heteroatoms. The number of fused-ring (bicyclic) bond motifs is 1. The van der Waals surface area contributed by atoms with E-state index >= 15 is 0 Å². The lowest BCUT2D eigenvalue weighted by atomic mass is 10.1. The van der Waals surface area contributed by atoms with E-state index in [1.54, 1.807) is 0 Å². The molecule has 0 bridgehead atoms. The molecule has 0 spiro atoms. The summed E-state index contributed by atoms with van der Waals surface area (Å²) in [7, 11) is 2.04. The lowest BCUT2D eigenvalue weighted by molar-refractivity contribution is 0.288. The van der Waals surface area contributed by atoms with Crippen LogP contribution in [0.5, 0.6) is 5.75 Å². The number of hydrogen-bond donors (Lipinski definition) is 0. The van der Waals surface area contributed by atoms with Crippen molar-refractivity contribution in [3.63, 3.8) is 0 Å². The Kier molecular flexibility index (Phi) is 3.34. The molecule has 0 fully saturated rings. The monoisotopic (exact) mass is 273 g/mol. The predicted octanol–water partition coefficient (Wildman–Crippen LogP) is 4.43. The van der Waals surface area contributed by atoms with E-state index in [1.165, 1.54) is 5.56 Å². The number of rotatable bonds is 2. The van der Waals surface area contributed by atoms with Crippen LogP contribution in [0.2, 0.25) is 5.02 Å². The third-order valence-electron chi connectivity index (χ3n) is 3.48. The Hall–Kier alpha value is -1.67. The zero-order chi connectivity index (χ0) is 13.2. The molecule has 3 rings (SSSR count). The molecule has 0 amide bonds. The molecule has 0 saturated carbocycles. The normalized spacial score (nSPS) is 13.6. The van der Waals surface area contributed by atoms with Gasteiger partial charge in [-0.1, -0.05) is 23.7 Å². The van der Waals surface area contributed by atoms with Crippen LogP contribution in [0.25, 0.3) is 0 Å². The molecule has 19 heavy (non-hydrogen) atoms. The second kappa shape index (κ2) is 5.14. The summed E-state index contributed by atoms with van der Waals surface area (Å²) in [5, 5.41) is 0.749. The van der Waals surface area contributed by atoms with Crippen molar-refractivity contribution in [2.75, 3.05) is 18.6 Å². The van der Waals surface area contributed by atoms with Crippen LogP contribution < -0.4 is 9.64 Å². The van der Waals surface area contributed by atoms with Crippen molar-refractivity contribution in [3.05, 3.63) is 53.1 Å². The molecule has 0 N–H and O–H groups in total. The van der Waals surface area contributed by atoms with Crippen LogP contribution in [0.15, 0.2) is 42.5 Å². The van der Waals surface area contributed by atoms with Gasteiger partial charge < -0.3 is 9.64 Å². The van der Waals surface area contributed by atoms with Crippen LogP contribution in [0.1, 0.15) is 12.0 Å². The fourth-order valence-corrected chi connectivity index (χ4v) is 2.56. The largest absolute Gasteiger partial charge is 0.493 e. The zero-order valence-corrected chi connectivity index (χ0v) is 11.7. The van der Waals surface area contributed by atoms with Crippen LogP contribution in [0.4, 0.5) is 11.4 Å². The maximum Gasteiger partial charge on any atom is 0.124 e. The summed E-state index contributed by atoms with van der Waals surface area (Å²) >= 11 is 6.04. The van der Waals surface area contributed by atoms with E-state index in [0.717, 1.165) is 41.6 Å². The van der Waals surface area contributed by atoms with Crippen molar-refractivity contribution in [1.82, 2.24) is 0 Å². The molecule has 1 aliphatic heterocycles. The molecular formula is C16H16ClNO. The van der Waals surface area contributed by atoms with E-state index in [9.17, 15) is 0 Å². The zero-order valence-electron chi connectivity index (χ0n) is 10.9. The summed E-state index contributed by atoms with van der Waals surface area (Å²) in [4.78, 5) is 2.12. The van der Waals surface area contributed by atoms with Crippen molar-refractivity contribution in [2.24, 2.45) is 0 Å². The molecule has 1 heterocycles. The Morgan fingerprint density at radius 3 is 2.79 bits per heavy atom. The summed E-state index contributed by atoms with van der Waals surface area (Å²) in [6, 6.07) is 14.3. The minimum Gasteiger partial charge on any atom is -0.493 e. The highest BCUT2D eigenvalue weighted by Gasteiger charge is 2.12. The molecular weight excluding hydrogens is 258 g/mol. The van der Waals surface area contributed by atoms with Crippen molar-refractivity contribution < 1.29 is 4.74 Å². The van der Waals surface area contributed by atoms with E-state index in [4.69, 9.17) is 16.3 Å². The quantitative estimate of drug-likeness (QED) is 0.802. The summed E-state index contributed by atoms with van der Waals surface area (Å²) in [5.41, 5.74) is 3.49. The predicted molar refractivity (Wildman–Crippen MR) is 79.8 cm³/mol. The molecule has 1 aliphatic rings. The molecule has 0 aliphatic carbocycles. The molecule has 0 saturated heterocycles. The standard InChI is InChI=1S/C16H16ClNO/c1-18(14-6-2-5-13(17)10-14)15-8-7-12-4-3-9-19-16(12)11-15/h2,5-8,10-11H,3-4,9H2,1H3. The van der Waals surface area contributed by atoms with Gasteiger partial charge in [0.1, 0.15) is 5.75 Å². The van der Waals surface area contributed by atoms with Gasteiger partial charge in [-0.15, -0.1) is 0 Å². The average molecular weight is 274 g/mol. The van der Waals surface area contributed by atoms with E-state index in [2.05, 4.69) is 23.1 Å². The maximum atomic E-state index is 6.04. The van der Waals surface area contributed by atoms with Crippen LogP contribution in [0.3, 0.4) is 0 Å². The Balaban J connectivity index is 1.93. The fraction of sp³-hybridized carbons (Fsp3) is 0.250. The summed E-state index contributed by atoms with van der Waals surface area (Å²) in [6.45, 7) is 0.817. The molecule has 0 radical (unpaired) electrons. The average Bonchev–Trinajstić information content (AvgIpc) is 2.46. The van der Waals surface area contributed by atoms with Gasteiger partial charge in [-0.2, -0.15) is 0 Å². The third kappa shape index (κ3) is 2.54. The van der Waals surface area contributed by atoms with Crippen molar-refractivity contribution in [3.8, 4) is 5.75 Å². The Bertz CT molecular complexity index is 597. The summed E-state index contributed by atoms with van der Waals surface area (Å²) in [6.07, 6.45) is 2.22. The van der Waals surface area contributed by atoms with Gasteiger partial charge in [0, 0.05) is 29.5 Å². The van der Waals surface area contributed by atoms with E-state index in [1.807, 2.05) is 31.3 Å². The van der Waals surface area contributed by atoms with Crippen LogP contribution in [-0.2, 0) is 6.42 Å². The van der Waals surface area contributed by atoms with Gasteiger partial charge in [0.2, 0.25) is 0 Å². The SMILES string of the molecule is CN(c1cccc(Cl)c1)c1ccc2c(c1)OCCC2.